The lowest BCUT2D eigenvalue weighted by Crippen LogP contribution is -2.35. The molecule has 0 atom stereocenters. The average molecular weight is 267 g/mol. The number of rotatable bonds is 5. The Hall–Kier alpha value is -0.450. The van der Waals surface area contributed by atoms with Crippen LogP contribution in [0.2, 0.25) is 0 Å². The molecule has 1 aromatic rings. The van der Waals surface area contributed by atoms with Crippen LogP contribution in [0.1, 0.15) is 43.3 Å². The maximum Gasteiger partial charge on any atom is 0.107 e. The molecule has 2 rings (SSSR count). The molecule has 0 unspecified atom stereocenters. The summed E-state index contributed by atoms with van der Waals surface area (Å²) in [5.74, 6) is 0.705. The van der Waals surface area contributed by atoms with Crippen molar-refractivity contribution >= 4 is 11.3 Å². The topological polar surface area (TPSA) is 28.2 Å². The zero-order valence-electron chi connectivity index (χ0n) is 12.0. The molecule has 1 aliphatic heterocycles. The smallest absolute Gasteiger partial charge is 0.107 e. The second-order valence-corrected chi connectivity index (χ2v) is 6.98. The normalized spacial score (nSPS) is 16.6. The predicted molar refractivity (Wildman–Crippen MR) is 77.9 cm³/mol. The molecule has 2 heterocycles. The van der Waals surface area contributed by atoms with Gasteiger partial charge in [-0.2, -0.15) is 0 Å². The van der Waals surface area contributed by atoms with Crippen molar-refractivity contribution in [2.45, 2.75) is 53.2 Å². The Morgan fingerprint density at radius 2 is 2.11 bits per heavy atom. The van der Waals surface area contributed by atoms with Crippen molar-refractivity contribution < 1.29 is 0 Å². The van der Waals surface area contributed by atoms with Gasteiger partial charge in [0.25, 0.3) is 0 Å². The van der Waals surface area contributed by atoms with Gasteiger partial charge in [-0.15, -0.1) is 11.3 Å². The Morgan fingerprint density at radius 1 is 1.33 bits per heavy atom. The molecule has 0 saturated carbocycles. The first kappa shape index (κ1) is 14.0. The Morgan fingerprint density at radius 3 is 2.78 bits per heavy atom. The largest absolute Gasteiger partial charge is 0.310 e. The zero-order valence-corrected chi connectivity index (χ0v) is 12.8. The van der Waals surface area contributed by atoms with Gasteiger partial charge < -0.3 is 5.32 Å². The van der Waals surface area contributed by atoms with E-state index in [9.17, 15) is 0 Å². The van der Waals surface area contributed by atoms with Gasteiger partial charge in [0.05, 0.1) is 5.69 Å². The summed E-state index contributed by atoms with van der Waals surface area (Å²) in [6.07, 6.45) is 1.12. The fourth-order valence-corrected chi connectivity index (χ4v) is 3.36. The van der Waals surface area contributed by atoms with Crippen molar-refractivity contribution in [2.24, 2.45) is 5.92 Å². The Balaban J connectivity index is 1.93. The first-order valence-electron chi connectivity index (χ1n) is 6.98. The van der Waals surface area contributed by atoms with Gasteiger partial charge in [0, 0.05) is 37.0 Å². The second kappa shape index (κ2) is 6.13. The van der Waals surface area contributed by atoms with Crippen molar-refractivity contribution in [1.82, 2.24) is 15.2 Å². The summed E-state index contributed by atoms with van der Waals surface area (Å²) < 4.78 is 0. The number of aromatic nitrogens is 1. The highest BCUT2D eigenvalue weighted by atomic mass is 32.1. The summed E-state index contributed by atoms with van der Waals surface area (Å²) in [6.45, 7) is 13.3. The van der Waals surface area contributed by atoms with Crippen molar-refractivity contribution in [1.29, 1.82) is 0 Å². The van der Waals surface area contributed by atoms with Crippen LogP contribution in [-0.2, 0) is 19.5 Å². The Kier molecular flexibility index (Phi) is 4.76. The second-order valence-electron chi connectivity index (χ2n) is 5.82. The van der Waals surface area contributed by atoms with Gasteiger partial charge in [-0.25, -0.2) is 4.98 Å². The quantitative estimate of drug-likeness (QED) is 0.889. The molecule has 102 valence electrons. The third kappa shape index (κ3) is 3.53. The molecule has 0 spiro atoms. The number of hydrogen-bond acceptors (Lipinski definition) is 4. The molecule has 18 heavy (non-hydrogen) atoms. The van der Waals surface area contributed by atoms with E-state index in [-0.39, 0.29) is 0 Å². The van der Waals surface area contributed by atoms with E-state index < -0.39 is 0 Å². The van der Waals surface area contributed by atoms with Gasteiger partial charge in [0.1, 0.15) is 5.01 Å². The van der Waals surface area contributed by atoms with Crippen molar-refractivity contribution in [3.05, 3.63) is 15.6 Å². The Labute approximate surface area is 115 Å². The third-order valence-electron chi connectivity index (χ3n) is 3.36. The Bertz CT molecular complexity index is 384. The van der Waals surface area contributed by atoms with E-state index in [1.54, 1.807) is 0 Å². The van der Waals surface area contributed by atoms with Crippen molar-refractivity contribution in [2.75, 3.05) is 13.1 Å². The fourth-order valence-electron chi connectivity index (χ4n) is 2.25. The van der Waals surface area contributed by atoms with Gasteiger partial charge in [-0.05, 0) is 26.3 Å². The van der Waals surface area contributed by atoms with Gasteiger partial charge in [0.2, 0.25) is 0 Å². The van der Waals surface area contributed by atoms with Gasteiger partial charge in [-0.1, -0.05) is 13.8 Å². The minimum Gasteiger partial charge on any atom is -0.310 e. The lowest BCUT2D eigenvalue weighted by atomic mass is 10.1. The summed E-state index contributed by atoms with van der Waals surface area (Å²) >= 11 is 1.89. The van der Waals surface area contributed by atoms with E-state index in [1.807, 2.05) is 11.3 Å². The summed E-state index contributed by atoms with van der Waals surface area (Å²) in [5, 5.41) is 4.73. The molecule has 0 saturated heterocycles. The van der Waals surface area contributed by atoms with Crippen LogP contribution < -0.4 is 5.32 Å². The molecule has 1 aromatic heterocycles. The summed E-state index contributed by atoms with van der Waals surface area (Å²) in [6, 6.07) is 0.641. The van der Waals surface area contributed by atoms with Gasteiger partial charge in [-0.3, -0.25) is 4.90 Å². The highest BCUT2D eigenvalue weighted by molar-refractivity contribution is 7.11. The maximum atomic E-state index is 4.77. The van der Waals surface area contributed by atoms with E-state index in [4.69, 9.17) is 4.98 Å². The predicted octanol–water partition coefficient (Wildman–Crippen LogP) is 2.66. The average Bonchev–Trinajstić information content (AvgIpc) is 2.69. The van der Waals surface area contributed by atoms with E-state index >= 15 is 0 Å². The van der Waals surface area contributed by atoms with E-state index in [1.165, 1.54) is 15.6 Å². The lowest BCUT2D eigenvalue weighted by molar-refractivity contribution is 0.205. The van der Waals surface area contributed by atoms with Crippen LogP contribution in [0.15, 0.2) is 0 Å². The molecule has 0 fully saturated rings. The standard InChI is InChI=1S/C14H25N3S/c1-10(2)7-15-8-14-16-12-5-6-17(11(3)4)9-13(12)18-14/h10-11,15H,5-9H2,1-4H3. The van der Waals surface area contributed by atoms with E-state index in [0.29, 0.717) is 12.0 Å². The summed E-state index contributed by atoms with van der Waals surface area (Å²) in [4.78, 5) is 8.79. The fraction of sp³-hybridized carbons (Fsp3) is 0.786. The first-order chi connectivity index (χ1) is 8.56. The van der Waals surface area contributed by atoms with Crippen LogP contribution in [0.25, 0.3) is 0 Å². The molecule has 1 aliphatic rings. The van der Waals surface area contributed by atoms with Crippen LogP contribution in [0.4, 0.5) is 0 Å². The van der Waals surface area contributed by atoms with Crippen LogP contribution in [0.3, 0.4) is 0 Å². The van der Waals surface area contributed by atoms with Crippen LogP contribution >= 0.6 is 11.3 Å². The van der Waals surface area contributed by atoms with Gasteiger partial charge >= 0.3 is 0 Å². The van der Waals surface area contributed by atoms with Crippen LogP contribution in [0, 0.1) is 5.92 Å². The number of fused-ring (bicyclic) bond motifs is 1. The molecule has 0 bridgehead atoms. The molecular formula is C14H25N3S. The number of thiazole rings is 1. The molecular weight excluding hydrogens is 242 g/mol. The van der Waals surface area contributed by atoms with E-state index in [0.717, 1.165) is 32.6 Å². The number of nitrogens with one attached hydrogen (secondary N) is 1. The zero-order chi connectivity index (χ0) is 13.1. The number of nitrogens with zero attached hydrogens (tertiary/aromatic N) is 2. The SMILES string of the molecule is CC(C)CNCc1nc2c(s1)CN(C(C)C)CC2. The van der Waals surface area contributed by atoms with Gasteiger partial charge in [0.15, 0.2) is 0 Å². The molecule has 3 nitrogen and oxygen atoms in total. The molecule has 4 heteroatoms. The molecule has 0 amide bonds. The van der Waals surface area contributed by atoms with Crippen LogP contribution in [0.5, 0.6) is 0 Å². The molecule has 0 aliphatic carbocycles. The lowest BCUT2D eigenvalue weighted by Gasteiger charge is -2.29. The van der Waals surface area contributed by atoms with E-state index in [2.05, 4.69) is 37.9 Å². The molecule has 1 N–H and O–H groups in total. The molecule has 0 aromatic carbocycles. The van der Waals surface area contributed by atoms with Crippen molar-refractivity contribution in [3.8, 4) is 0 Å². The van der Waals surface area contributed by atoms with Crippen molar-refractivity contribution in [3.63, 3.8) is 0 Å². The molecule has 0 radical (unpaired) electrons. The summed E-state index contributed by atoms with van der Waals surface area (Å²) in [7, 11) is 0. The maximum absolute atomic E-state index is 4.77. The summed E-state index contributed by atoms with van der Waals surface area (Å²) in [5.41, 5.74) is 1.35. The highest BCUT2D eigenvalue weighted by Crippen LogP contribution is 2.26. The highest BCUT2D eigenvalue weighted by Gasteiger charge is 2.21. The first-order valence-corrected chi connectivity index (χ1v) is 7.80. The van der Waals surface area contributed by atoms with Crippen LogP contribution in [-0.4, -0.2) is 29.0 Å². The minimum absolute atomic E-state index is 0.641. The third-order valence-corrected chi connectivity index (χ3v) is 4.45. The minimum atomic E-state index is 0.641. The monoisotopic (exact) mass is 267 g/mol. The number of hydrogen-bond donors (Lipinski definition) is 1.